The zero-order valence-electron chi connectivity index (χ0n) is 11.6. The van der Waals surface area contributed by atoms with E-state index >= 15 is 0 Å². The number of benzene rings is 2. The molecule has 0 aromatic heterocycles. The van der Waals surface area contributed by atoms with Gasteiger partial charge in [-0.1, -0.05) is 18.2 Å². The third kappa shape index (κ3) is 3.60. The van der Waals surface area contributed by atoms with Gasteiger partial charge in [0, 0.05) is 6.04 Å². The summed E-state index contributed by atoms with van der Waals surface area (Å²) in [5, 5.41) is 12.2. The maximum Gasteiger partial charge on any atom is 0.141 e. The monoisotopic (exact) mass is 335 g/mol. The van der Waals surface area contributed by atoms with E-state index in [4.69, 9.17) is 9.84 Å². The highest BCUT2D eigenvalue weighted by atomic mass is 79.9. The molecule has 0 radical (unpaired) electrons. The molecule has 0 amide bonds. The van der Waals surface area contributed by atoms with Crippen LogP contribution < -0.4 is 10.1 Å². The molecule has 2 N–H and O–H groups in total. The molecule has 0 saturated heterocycles. The highest BCUT2D eigenvalue weighted by Crippen LogP contribution is 2.32. The van der Waals surface area contributed by atoms with E-state index in [1.54, 1.807) is 0 Å². The third-order valence-electron chi connectivity index (χ3n) is 3.22. The summed E-state index contributed by atoms with van der Waals surface area (Å²) in [5.41, 5.74) is 2.07. The van der Waals surface area contributed by atoms with Gasteiger partial charge in [-0.05, 0) is 65.3 Å². The summed E-state index contributed by atoms with van der Waals surface area (Å²) in [6, 6.07) is 13.7. The number of hydrogen-bond acceptors (Lipinski definition) is 3. The topological polar surface area (TPSA) is 41.5 Å². The zero-order valence-corrected chi connectivity index (χ0v) is 13.1. The normalized spacial score (nSPS) is 12.2. The minimum atomic E-state index is 0.0422. The third-order valence-corrected chi connectivity index (χ3v) is 3.84. The van der Waals surface area contributed by atoms with Crippen molar-refractivity contribution in [3.63, 3.8) is 0 Å². The standard InChI is InChI=1S/C16H18BrNO2/c1-11(18-2)13-5-8-16(15(17)9-13)20-14-6-3-12(10-19)4-7-14/h3-9,11,18-19H,10H2,1-2H3. The lowest BCUT2D eigenvalue weighted by Gasteiger charge is -2.13. The van der Waals surface area contributed by atoms with Crippen molar-refractivity contribution < 1.29 is 9.84 Å². The highest BCUT2D eigenvalue weighted by Gasteiger charge is 2.08. The highest BCUT2D eigenvalue weighted by molar-refractivity contribution is 9.10. The van der Waals surface area contributed by atoms with E-state index in [0.717, 1.165) is 21.5 Å². The lowest BCUT2D eigenvalue weighted by atomic mass is 10.1. The molecule has 4 heteroatoms. The van der Waals surface area contributed by atoms with Crippen LogP contribution in [0.2, 0.25) is 0 Å². The SMILES string of the molecule is CNC(C)c1ccc(Oc2ccc(CO)cc2)c(Br)c1. The van der Waals surface area contributed by atoms with Crippen molar-refractivity contribution in [1.82, 2.24) is 5.32 Å². The number of nitrogens with one attached hydrogen (secondary N) is 1. The quantitative estimate of drug-likeness (QED) is 0.867. The summed E-state index contributed by atoms with van der Waals surface area (Å²) >= 11 is 3.54. The summed E-state index contributed by atoms with van der Waals surface area (Å²) in [7, 11) is 1.94. The fourth-order valence-corrected chi connectivity index (χ4v) is 2.30. The molecule has 20 heavy (non-hydrogen) atoms. The predicted molar refractivity (Wildman–Crippen MR) is 84.1 cm³/mol. The van der Waals surface area contributed by atoms with Crippen molar-refractivity contribution in [2.75, 3.05) is 7.05 Å². The van der Waals surface area contributed by atoms with Crippen molar-refractivity contribution in [3.05, 3.63) is 58.1 Å². The fraction of sp³-hybridized carbons (Fsp3) is 0.250. The molecule has 0 aliphatic carbocycles. The van der Waals surface area contributed by atoms with E-state index in [1.165, 1.54) is 5.56 Å². The molecule has 0 aliphatic heterocycles. The summed E-state index contributed by atoms with van der Waals surface area (Å²) in [6.07, 6.45) is 0. The Hall–Kier alpha value is -1.36. The van der Waals surface area contributed by atoms with Crippen LogP contribution in [-0.2, 0) is 6.61 Å². The molecule has 2 rings (SSSR count). The van der Waals surface area contributed by atoms with E-state index in [1.807, 2.05) is 43.4 Å². The van der Waals surface area contributed by atoms with Gasteiger partial charge in [0.15, 0.2) is 0 Å². The zero-order chi connectivity index (χ0) is 14.5. The van der Waals surface area contributed by atoms with Crippen LogP contribution in [0.5, 0.6) is 11.5 Å². The number of halogens is 1. The van der Waals surface area contributed by atoms with Gasteiger partial charge in [-0.15, -0.1) is 0 Å². The van der Waals surface area contributed by atoms with Gasteiger partial charge in [0.05, 0.1) is 11.1 Å². The second kappa shape index (κ2) is 6.88. The predicted octanol–water partition coefficient (Wildman–Crippen LogP) is 4.01. The average molecular weight is 336 g/mol. The molecule has 106 valence electrons. The Labute approximate surface area is 127 Å². The molecule has 0 saturated carbocycles. The van der Waals surface area contributed by atoms with Gasteiger partial charge < -0.3 is 15.2 Å². The maximum absolute atomic E-state index is 9.01. The minimum absolute atomic E-state index is 0.0422. The van der Waals surface area contributed by atoms with Crippen molar-refractivity contribution in [2.24, 2.45) is 0 Å². The Morgan fingerprint density at radius 1 is 1.20 bits per heavy atom. The van der Waals surface area contributed by atoms with Crippen LogP contribution in [0.4, 0.5) is 0 Å². The smallest absolute Gasteiger partial charge is 0.141 e. The fourth-order valence-electron chi connectivity index (χ4n) is 1.83. The average Bonchev–Trinajstić information content (AvgIpc) is 2.49. The summed E-state index contributed by atoms with van der Waals surface area (Å²) < 4.78 is 6.75. The van der Waals surface area contributed by atoms with Gasteiger partial charge in [-0.2, -0.15) is 0 Å². The van der Waals surface area contributed by atoms with Gasteiger partial charge in [-0.3, -0.25) is 0 Å². The molecule has 2 aromatic rings. The summed E-state index contributed by atoms with van der Waals surface area (Å²) in [4.78, 5) is 0. The molecular formula is C16H18BrNO2. The van der Waals surface area contributed by atoms with Gasteiger partial charge in [-0.25, -0.2) is 0 Å². The second-order valence-electron chi connectivity index (χ2n) is 4.60. The first-order valence-corrected chi connectivity index (χ1v) is 7.27. The molecule has 0 aliphatic rings. The molecule has 0 heterocycles. The van der Waals surface area contributed by atoms with Gasteiger partial charge in [0.1, 0.15) is 11.5 Å². The number of ether oxygens (including phenoxy) is 1. The van der Waals surface area contributed by atoms with E-state index in [-0.39, 0.29) is 6.61 Å². The second-order valence-corrected chi connectivity index (χ2v) is 5.46. The molecule has 1 unspecified atom stereocenters. The molecule has 1 atom stereocenters. The van der Waals surface area contributed by atoms with Crippen LogP contribution in [0.1, 0.15) is 24.1 Å². The van der Waals surface area contributed by atoms with Crippen molar-refractivity contribution in [2.45, 2.75) is 19.6 Å². The summed E-state index contributed by atoms with van der Waals surface area (Å²) in [6.45, 7) is 2.15. The van der Waals surface area contributed by atoms with Crippen molar-refractivity contribution in [3.8, 4) is 11.5 Å². The molecule has 0 fully saturated rings. The van der Waals surface area contributed by atoms with Crippen molar-refractivity contribution in [1.29, 1.82) is 0 Å². The Bertz CT molecular complexity index is 569. The maximum atomic E-state index is 9.01. The lowest BCUT2D eigenvalue weighted by Crippen LogP contribution is -2.12. The Morgan fingerprint density at radius 3 is 2.45 bits per heavy atom. The molecule has 0 spiro atoms. The van der Waals surface area contributed by atoms with Crippen LogP contribution in [0.25, 0.3) is 0 Å². The number of aliphatic hydroxyl groups is 1. The Balaban J connectivity index is 2.16. The molecule has 2 aromatic carbocycles. The molecular weight excluding hydrogens is 318 g/mol. The minimum Gasteiger partial charge on any atom is -0.456 e. The van der Waals surface area contributed by atoms with Crippen LogP contribution in [-0.4, -0.2) is 12.2 Å². The van der Waals surface area contributed by atoms with E-state index < -0.39 is 0 Å². The van der Waals surface area contributed by atoms with Crippen LogP contribution in [0, 0.1) is 0 Å². The van der Waals surface area contributed by atoms with Crippen LogP contribution >= 0.6 is 15.9 Å². The first-order chi connectivity index (χ1) is 9.63. The number of hydrogen-bond donors (Lipinski definition) is 2. The number of rotatable bonds is 5. The first-order valence-electron chi connectivity index (χ1n) is 6.48. The largest absolute Gasteiger partial charge is 0.456 e. The first kappa shape index (κ1) is 15.0. The summed E-state index contributed by atoms with van der Waals surface area (Å²) in [5.74, 6) is 1.52. The van der Waals surface area contributed by atoms with Crippen LogP contribution in [0.15, 0.2) is 46.9 Å². The van der Waals surface area contributed by atoms with Gasteiger partial charge in [0.25, 0.3) is 0 Å². The Kier molecular flexibility index (Phi) is 5.17. The molecule has 3 nitrogen and oxygen atoms in total. The van der Waals surface area contributed by atoms with Crippen LogP contribution in [0.3, 0.4) is 0 Å². The van der Waals surface area contributed by atoms with Gasteiger partial charge in [0.2, 0.25) is 0 Å². The van der Waals surface area contributed by atoms with E-state index in [9.17, 15) is 0 Å². The van der Waals surface area contributed by atoms with E-state index in [0.29, 0.717) is 6.04 Å². The molecule has 0 bridgehead atoms. The van der Waals surface area contributed by atoms with E-state index in [2.05, 4.69) is 34.2 Å². The van der Waals surface area contributed by atoms with Gasteiger partial charge >= 0.3 is 0 Å². The number of aliphatic hydroxyl groups excluding tert-OH is 1. The van der Waals surface area contributed by atoms with Crippen molar-refractivity contribution >= 4 is 15.9 Å². The Morgan fingerprint density at radius 2 is 1.90 bits per heavy atom. The lowest BCUT2D eigenvalue weighted by molar-refractivity contribution is 0.281.